The molecule has 0 aromatic heterocycles. The largest absolute Gasteiger partial charge is 0.399 e. The van der Waals surface area contributed by atoms with E-state index in [0.717, 1.165) is 0 Å². The summed E-state index contributed by atoms with van der Waals surface area (Å²) in [7, 11) is -3.46. The molecule has 0 radical (unpaired) electrons. The first-order chi connectivity index (χ1) is 7.49. The fraction of sp³-hybridized carbons (Fsp3) is 0.400. The van der Waals surface area contributed by atoms with Crippen LogP contribution in [0.2, 0.25) is 0 Å². The molecule has 0 aliphatic carbocycles. The molecule has 1 aromatic rings. The normalized spacial score (nSPS) is 11.7. The number of nitrogens with one attached hydrogen (secondary N) is 1. The average Bonchev–Trinajstić information content (AvgIpc) is 2.18. The van der Waals surface area contributed by atoms with Crippen molar-refractivity contribution in [1.29, 1.82) is 0 Å². The van der Waals surface area contributed by atoms with E-state index in [4.69, 9.17) is 5.73 Å². The molecule has 0 heterocycles. The number of rotatable bonds is 5. The molecule has 0 aliphatic rings. The molecule has 0 fully saturated rings. The third-order valence-corrected chi connectivity index (χ3v) is 3.87. The molecule has 16 heavy (non-hydrogen) atoms. The second-order valence-electron chi connectivity index (χ2n) is 3.32. The summed E-state index contributed by atoms with van der Waals surface area (Å²) in [6.45, 7) is 4.46. The highest BCUT2D eigenvalue weighted by molar-refractivity contribution is 7.90. The number of anilines is 2. The Morgan fingerprint density at radius 1 is 1.31 bits per heavy atom. The van der Waals surface area contributed by atoms with E-state index in [1.807, 2.05) is 0 Å². The van der Waals surface area contributed by atoms with Crippen LogP contribution in [0.25, 0.3) is 0 Å². The van der Waals surface area contributed by atoms with Crippen LogP contribution in [0.15, 0.2) is 24.3 Å². The van der Waals surface area contributed by atoms with Crippen molar-refractivity contribution >= 4 is 21.6 Å². The second kappa shape index (κ2) is 5.18. The van der Waals surface area contributed by atoms with Crippen molar-refractivity contribution in [3.05, 3.63) is 24.3 Å². The van der Waals surface area contributed by atoms with Crippen LogP contribution >= 0.6 is 0 Å². The zero-order valence-corrected chi connectivity index (χ0v) is 10.3. The van der Waals surface area contributed by atoms with Gasteiger partial charge in [-0.15, -0.1) is 0 Å². The summed E-state index contributed by atoms with van der Waals surface area (Å²) < 4.78 is 27.5. The quantitative estimate of drug-likeness (QED) is 0.765. The van der Waals surface area contributed by atoms with E-state index in [1.165, 1.54) is 4.31 Å². The molecular weight excluding hydrogens is 226 g/mol. The summed E-state index contributed by atoms with van der Waals surface area (Å²) in [6, 6.07) is 6.66. The molecule has 6 heteroatoms. The minimum atomic E-state index is -3.46. The van der Waals surface area contributed by atoms with Gasteiger partial charge in [0.1, 0.15) is 0 Å². The smallest absolute Gasteiger partial charge is 0.301 e. The molecule has 0 atom stereocenters. The van der Waals surface area contributed by atoms with Gasteiger partial charge in [0.25, 0.3) is 0 Å². The van der Waals surface area contributed by atoms with Gasteiger partial charge in [0, 0.05) is 18.8 Å². The fourth-order valence-electron chi connectivity index (χ4n) is 1.38. The van der Waals surface area contributed by atoms with E-state index in [1.54, 1.807) is 38.1 Å². The molecule has 0 amide bonds. The number of hydrogen-bond acceptors (Lipinski definition) is 3. The third-order valence-electron chi connectivity index (χ3n) is 2.18. The number of hydrogen-bond donors (Lipinski definition) is 2. The maximum absolute atomic E-state index is 11.8. The Morgan fingerprint density at radius 3 is 2.44 bits per heavy atom. The van der Waals surface area contributed by atoms with Crippen molar-refractivity contribution in [3.8, 4) is 0 Å². The van der Waals surface area contributed by atoms with Crippen LogP contribution in [0.3, 0.4) is 0 Å². The van der Waals surface area contributed by atoms with Crippen molar-refractivity contribution in [1.82, 2.24) is 4.31 Å². The minimum Gasteiger partial charge on any atom is -0.399 e. The predicted octanol–water partition coefficient (Wildman–Crippen LogP) is 1.27. The van der Waals surface area contributed by atoms with Gasteiger partial charge in [-0.25, -0.2) is 0 Å². The Balaban J connectivity index is 2.88. The van der Waals surface area contributed by atoms with Crippen molar-refractivity contribution in [3.63, 3.8) is 0 Å². The zero-order chi connectivity index (χ0) is 12.2. The lowest BCUT2D eigenvalue weighted by atomic mass is 10.3. The molecule has 1 aromatic carbocycles. The first-order valence-electron chi connectivity index (χ1n) is 5.13. The first-order valence-corrected chi connectivity index (χ1v) is 6.57. The van der Waals surface area contributed by atoms with Crippen molar-refractivity contribution in [2.75, 3.05) is 23.5 Å². The van der Waals surface area contributed by atoms with E-state index < -0.39 is 10.2 Å². The van der Waals surface area contributed by atoms with Gasteiger partial charge >= 0.3 is 10.2 Å². The molecule has 0 bridgehead atoms. The summed E-state index contributed by atoms with van der Waals surface area (Å²) in [4.78, 5) is 0. The number of nitrogens with two attached hydrogens (primary N) is 1. The Bertz CT molecular complexity index is 441. The van der Waals surface area contributed by atoms with E-state index in [0.29, 0.717) is 24.5 Å². The number of nitrogen functional groups attached to an aromatic ring is 1. The summed E-state index contributed by atoms with van der Waals surface area (Å²) in [5, 5.41) is 0. The van der Waals surface area contributed by atoms with Crippen LogP contribution in [-0.2, 0) is 10.2 Å². The SMILES string of the molecule is CCN(CC)S(=O)(=O)Nc1cccc(N)c1. The van der Waals surface area contributed by atoms with E-state index >= 15 is 0 Å². The molecule has 0 saturated heterocycles. The topological polar surface area (TPSA) is 75.4 Å². The van der Waals surface area contributed by atoms with Gasteiger partial charge in [-0.3, -0.25) is 4.72 Å². The number of nitrogens with zero attached hydrogens (tertiary/aromatic N) is 1. The molecule has 0 spiro atoms. The third kappa shape index (κ3) is 3.11. The van der Waals surface area contributed by atoms with Crippen molar-refractivity contribution in [2.24, 2.45) is 0 Å². The van der Waals surface area contributed by atoms with E-state index in [-0.39, 0.29) is 0 Å². The Labute approximate surface area is 96.4 Å². The number of benzene rings is 1. The standard InChI is InChI=1S/C10H17N3O2S/c1-3-13(4-2)16(14,15)12-10-7-5-6-9(11)8-10/h5-8,12H,3-4,11H2,1-2H3. The summed E-state index contributed by atoms with van der Waals surface area (Å²) in [5.74, 6) is 0. The van der Waals surface area contributed by atoms with Crippen LogP contribution in [0.1, 0.15) is 13.8 Å². The zero-order valence-electron chi connectivity index (χ0n) is 9.47. The van der Waals surface area contributed by atoms with E-state index in [9.17, 15) is 8.42 Å². The molecule has 0 aliphatic heterocycles. The first kappa shape index (κ1) is 12.8. The molecular formula is C10H17N3O2S. The molecule has 90 valence electrons. The maximum Gasteiger partial charge on any atom is 0.301 e. The van der Waals surface area contributed by atoms with Gasteiger partial charge in [0.2, 0.25) is 0 Å². The average molecular weight is 243 g/mol. The van der Waals surface area contributed by atoms with Gasteiger partial charge in [0.15, 0.2) is 0 Å². The summed E-state index contributed by atoms with van der Waals surface area (Å²) in [6.07, 6.45) is 0. The highest BCUT2D eigenvalue weighted by Crippen LogP contribution is 2.14. The van der Waals surface area contributed by atoms with Crippen molar-refractivity contribution in [2.45, 2.75) is 13.8 Å². The molecule has 0 unspecified atom stereocenters. The lowest BCUT2D eigenvalue weighted by molar-refractivity contribution is 0.449. The Hall–Kier alpha value is -1.27. The maximum atomic E-state index is 11.8. The van der Waals surface area contributed by atoms with Gasteiger partial charge in [0.05, 0.1) is 5.69 Å². The summed E-state index contributed by atoms with van der Waals surface area (Å²) >= 11 is 0. The van der Waals surface area contributed by atoms with Gasteiger partial charge in [-0.05, 0) is 18.2 Å². The fourth-order valence-corrected chi connectivity index (χ4v) is 2.61. The van der Waals surface area contributed by atoms with Crippen LogP contribution in [-0.4, -0.2) is 25.8 Å². The van der Waals surface area contributed by atoms with Crippen LogP contribution in [0.5, 0.6) is 0 Å². The van der Waals surface area contributed by atoms with E-state index in [2.05, 4.69) is 4.72 Å². The monoisotopic (exact) mass is 243 g/mol. The van der Waals surface area contributed by atoms with Gasteiger partial charge in [-0.2, -0.15) is 12.7 Å². The lowest BCUT2D eigenvalue weighted by Gasteiger charge is -2.19. The van der Waals surface area contributed by atoms with Crippen molar-refractivity contribution < 1.29 is 8.42 Å². The summed E-state index contributed by atoms with van der Waals surface area (Å²) in [5.41, 5.74) is 6.58. The lowest BCUT2D eigenvalue weighted by Crippen LogP contribution is -2.35. The molecule has 5 nitrogen and oxygen atoms in total. The molecule has 0 saturated carbocycles. The highest BCUT2D eigenvalue weighted by Gasteiger charge is 2.17. The Morgan fingerprint density at radius 2 is 1.94 bits per heavy atom. The Kier molecular flexibility index (Phi) is 4.14. The van der Waals surface area contributed by atoms with Crippen LogP contribution in [0, 0.1) is 0 Å². The predicted molar refractivity (Wildman–Crippen MR) is 66.3 cm³/mol. The van der Waals surface area contributed by atoms with Crippen LogP contribution < -0.4 is 10.5 Å². The minimum absolute atomic E-state index is 0.439. The van der Waals surface area contributed by atoms with Crippen LogP contribution in [0.4, 0.5) is 11.4 Å². The van der Waals surface area contributed by atoms with Gasteiger partial charge in [-0.1, -0.05) is 19.9 Å². The van der Waals surface area contributed by atoms with Gasteiger partial charge < -0.3 is 5.73 Å². The molecule has 1 rings (SSSR count). The highest BCUT2D eigenvalue weighted by atomic mass is 32.2. The molecule has 3 N–H and O–H groups in total. The second-order valence-corrected chi connectivity index (χ2v) is 4.99.